The molecule has 0 bridgehead atoms. The molecular formula is C17H19N3. The molecule has 2 aromatic rings. The van der Waals surface area contributed by atoms with Gasteiger partial charge in [-0.2, -0.15) is 0 Å². The average molecular weight is 265 g/mol. The van der Waals surface area contributed by atoms with Crippen LogP contribution in [-0.4, -0.2) is 23.5 Å². The zero-order valence-electron chi connectivity index (χ0n) is 11.7. The minimum Gasteiger partial charge on any atom is -0.320 e. The predicted molar refractivity (Wildman–Crippen MR) is 81.8 cm³/mol. The summed E-state index contributed by atoms with van der Waals surface area (Å²) in [6.45, 7) is 2.13. The molecular weight excluding hydrogens is 246 g/mol. The lowest BCUT2D eigenvalue weighted by Gasteiger charge is -2.16. The summed E-state index contributed by atoms with van der Waals surface area (Å²) in [7, 11) is 2.09. The number of hydrogen-bond acceptors (Lipinski definition) is 3. The Morgan fingerprint density at radius 1 is 1.10 bits per heavy atom. The quantitative estimate of drug-likeness (QED) is 0.860. The Morgan fingerprint density at radius 2 is 1.90 bits per heavy atom. The second kappa shape index (κ2) is 7.44. The first kappa shape index (κ1) is 14.3. The van der Waals surface area contributed by atoms with Gasteiger partial charge in [0.05, 0.1) is 12.2 Å². The summed E-state index contributed by atoms with van der Waals surface area (Å²) < 4.78 is 0. The molecule has 0 spiro atoms. The largest absolute Gasteiger partial charge is 0.320 e. The van der Waals surface area contributed by atoms with Crippen molar-refractivity contribution in [1.82, 2.24) is 9.88 Å². The van der Waals surface area contributed by atoms with Crippen molar-refractivity contribution in [1.29, 1.82) is 0 Å². The molecule has 0 saturated heterocycles. The van der Waals surface area contributed by atoms with Crippen LogP contribution >= 0.6 is 0 Å². The number of nitrogens with two attached hydrogens (primary N) is 1. The third kappa shape index (κ3) is 4.51. The van der Waals surface area contributed by atoms with E-state index in [1.165, 1.54) is 5.56 Å². The number of aromatic nitrogens is 1. The second-order valence-electron chi connectivity index (χ2n) is 4.70. The minimum absolute atomic E-state index is 0.397. The van der Waals surface area contributed by atoms with E-state index in [-0.39, 0.29) is 0 Å². The van der Waals surface area contributed by atoms with E-state index in [1.54, 1.807) is 0 Å². The van der Waals surface area contributed by atoms with Crippen molar-refractivity contribution in [3.8, 4) is 11.8 Å². The molecule has 1 aromatic heterocycles. The van der Waals surface area contributed by atoms with Crippen molar-refractivity contribution in [3.63, 3.8) is 0 Å². The van der Waals surface area contributed by atoms with Gasteiger partial charge in [0.15, 0.2) is 0 Å². The monoisotopic (exact) mass is 265 g/mol. The maximum atomic E-state index is 5.36. The first-order valence-corrected chi connectivity index (χ1v) is 6.64. The van der Waals surface area contributed by atoms with Gasteiger partial charge in [-0.1, -0.05) is 30.0 Å². The minimum atomic E-state index is 0.397. The summed E-state index contributed by atoms with van der Waals surface area (Å²) >= 11 is 0. The van der Waals surface area contributed by atoms with Gasteiger partial charge < -0.3 is 5.73 Å². The number of nitrogens with zero attached hydrogens (tertiary/aromatic N) is 2. The third-order valence-electron chi connectivity index (χ3n) is 2.90. The van der Waals surface area contributed by atoms with Crippen molar-refractivity contribution in [2.24, 2.45) is 5.73 Å². The highest BCUT2D eigenvalue weighted by Gasteiger charge is 2.02. The van der Waals surface area contributed by atoms with Gasteiger partial charge in [-0.05, 0) is 36.9 Å². The van der Waals surface area contributed by atoms with Gasteiger partial charge in [-0.3, -0.25) is 9.88 Å². The average Bonchev–Trinajstić information content (AvgIpc) is 2.47. The van der Waals surface area contributed by atoms with E-state index in [1.807, 2.05) is 36.5 Å². The maximum Gasteiger partial charge on any atom is 0.0555 e. The van der Waals surface area contributed by atoms with E-state index in [0.29, 0.717) is 6.54 Å². The fraction of sp³-hybridized carbons (Fsp3) is 0.235. The van der Waals surface area contributed by atoms with Gasteiger partial charge in [0.2, 0.25) is 0 Å². The van der Waals surface area contributed by atoms with Crippen LogP contribution in [-0.2, 0) is 13.1 Å². The Hall–Kier alpha value is -2.15. The lowest BCUT2D eigenvalue weighted by molar-refractivity contribution is 0.315. The number of pyridine rings is 1. The number of rotatable bonds is 4. The Kier molecular flexibility index (Phi) is 5.31. The molecule has 0 amide bonds. The molecule has 1 aromatic carbocycles. The Balaban J connectivity index is 1.92. The molecule has 2 N–H and O–H groups in total. The van der Waals surface area contributed by atoms with Crippen molar-refractivity contribution in [2.45, 2.75) is 13.1 Å². The van der Waals surface area contributed by atoms with Crippen LogP contribution in [0.1, 0.15) is 16.8 Å². The van der Waals surface area contributed by atoms with Crippen molar-refractivity contribution in [3.05, 3.63) is 65.5 Å². The molecule has 102 valence electrons. The third-order valence-corrected chi connectivity index (χ3v) is 2.90. The van der Waals surface area contributed by atoms with Gasteiger partial charge in [0, 0.05) is 24.8 Å². The molecule has 0 aliphatic carbocycles. The van der Waals surface area contributed by atoms with Crippen LogP contribution in [0.25, 0.3) is 0 Å². The maximum absolute atomic E-state index is 5.36. The summed E-state index contributed by atoms with van der Waals surface area (Å²) in [5, 5.41) is 0. The van der Waals surface area contributed by atoms with E-state index >= 15 is 0 Å². The van der Waals surface area contributed by atoms with E-state index in [2.05, 4.69) is 40.9 Å². The summed E-state index contributed by atoms with van der Waals surface area (Å²) in [5.74, 6) is 5.88. The van der Waals surface area contributed by atoms with Crippen LogP contribution < -0.4 is 5.73 Å². The summed E-state index contributed by atoms with van der Waals surface area (Å²) in [6.07, 6.45) is 1.83. The molecule has 0 atom stereocenters. The highest BCUT2D eigenvalue weighted by molar-refractivity contribution is 5.36. The van der Waals surface area contributed by atoms with E-state index in [0.717, 1.165) is 24.3 Å². The molecule has 1 heterocycles. The highest BCUT2D eigenvalue weighted by atomic mass is 15.1. The van der Waals surface area contributed by atoms with Crippen molar-refractivity contribution >= 4 is 0 Å². The van der Waals surface area contributed by atoms with Gasteiger partial charge >= 0.3 is 0 Å². The molecule has 0 unspecified atom stereocenters. The smallest absolute Gasteiger partial charge is 0.0555 e. The fourth-order valence-corrected chi connectivity index (χ4v) is 1.98. The topological polar surface area (TPSA) is 42.1 Å². The van der Waals surface area contributed by atoms with Crippen molar-refractivity contribution in [2.75, 3.05) is 13.6 Å². The van der Waals surface area contributed by atoms with Crippen LogP contribution in [0.3, 0.4) is 0 Å². The normalized spacial score (nSPS) is 10.2. The molecule has 3 heteroatoms. The van der Waals surface area contributed by atoms with Gasteiger partial charge in [0.1, 0.15) is 0 Å². The lowest BCUT2D eigenvalue weighted by Crippen LogP contribution is -2.17. The van der Waals surface area contributed by atoms with Gasteiger partial charge in [0.25, 0.3) is 0 Å². The second-order valence-corrected chi connectivity index (χ2v) is 4.70. The van der Waals surface area contributed by atoms with Crippen LogP contribution in [0.15, 0.2) is 48.7 Å². The van der Waals surface area contributed by atoms with Gasteiger partial charge in [-0.15, -0.1) is 0 Å². The molecule has 3 nitrogen and oxygen atoms in total. The Morgan fingerprint density at radius 3 is 2.55 bits per heavy atom. The zero-order chi connectivity index (χ0) is 14.2. The fourth-order valence-electron chi connectivity index (χ4n) is 1.98. The molecule has 0 aliphatic heterocycles. The van der Waals surface area contributed by atoms with E-state index < -0.39 is 0 Å². The number of benzene rings is 1. The first-order chi connectivity index (χ1) is 9.78. The Bertz CT molecular complexity index is 579. The van der Waals surface area contributed by atoms with Crippen LogP contribution in [0.4, 0.5) is 0 Å². The lowest BCUT2D eigenvalue weighted by atomic mass is 10.1. The molecule has 2 rings (SSSR count). The van der Waals surface area contributed by atoms with Crippen molar-refractivity contribution < 1.29 is 0 Å². The summed E-state index contributed by atoms with van der Waals surface area (Å²) in [4.78, 5) is 6.58. The molecule has 0 radical (unpaired) electrons. The molecule has 0 aliphatic rings. The summed E-state index contributed by atoms with van der Waals surface area (Å²) in [5.41, 5.74) is 8.71. The molecule has 0 fully saturated rings. The van der Waals surface area contributed by atoms with E-state index in [9.17, 15) is 0 Å². The van der Waals surface area contributed by atoms with E-state index in [4.69, 9.17) is 5.73 Å². The predicted octanol–water partition coefficient (Wildman–Crippen LogP) is 2.02. The van der Waals surface area contributed by atoms with Crippen LogP contribution in [0.2, 0.25) is 0 Å². The number of hydrogen-bond donors (Lipinski definition) is 1. The molecule has 20 heavy (non-hydrogen) atoms. The highest BCUT2D eigenvalue weighted by Crippen LogP contribution is 2.08. The van der Waals surface area contributed by atoms with Gasteiger partial charge in [-0.25, -0.2) is 0 Å². The zero-order valence-corrected chi connectivity index (χ0v) is 11.7. The SMILES string of the molecule is CN(Cc1ccc(C#CCN)cc1)Cc1ccccn1. The first-order valence-electron chi connectivity index (χ1n) is 6.64. The molecule has 0 saturated carbocycles. The van der Waals surface area contributed by atoms with Crippen LogP contribution in [0.5, 0.6) is 0 Å². The standard InChI is InChI=1S/C17H19N3/c1-20(14-17-6-2-3-12-19-17)13-16-9-7-15(8-10-16)5-4-11-18/h2-3,6-10,12H,11,13-14,18H2,1H3. The Labute approximate surface area is 120 Å². The summed E-state index contributed by atoms with van der Waals surface area (Å²) in [6, 6.07) is 14.3. The van der Waals surface area contributed by atoms with Crippen LogP contribution in [0, 0.1) is 11.8 Å².